The molecule has 2 aromatic rings. The molecule has 0 spiro atoms. The Kier molecular flexibility index (Phi) is 6.48. The third-order valence-electron chi connectivity index (χ3n) is 3.44. The van der Waals surface area contributed by atoms with Gasteiger partial charge in [0.25, 0.3) is 5.56 Å². The van der Waals surface area contributed by atoms with E-state index in [9.17, 15) is 14.4 Å². The van der Waals surface area contributed by atoms with E-state index in [1.807, 2.05) is 24.3 Å². The molecule has 8 heteroatoms. The number of amides is 1. The van der Waals surface area contributed by atoms with Crippen LogP contribution >= 0.6 is 0 Å². The highest BCUT2D eigenvalue weighted by Crippen LogP contribution is 2.13. The number of aromatic nitrogens is 2. The monoisotopic (exact) mass is 358 g/mol. The van der Waals surface area contributed by atoms with Crippen LogP contribution in [0.5, 0.6) is 5.75 Å². The van der Waals surface area contributed by atoms with E-state index >= 15 is 0 Å². The zero-order valence-corrected chi connectivity index (χ0v) is 15.0. The largest absolute Gasteiger partial charge is 0.493 e. The first kappa shape index (κ1) is 19.2. The van der Waals surface area contributed by atoms with Crippen molar-refractivity contribution in [1.82, 2.24) is 15.4 Å². The standard InChI is InChI=1S/C18H22N4O4/c1-11(2)10-26-14-6-4-5-13(7-14)9-19-22-16(23)8-15-12(3)20-18(25)21-17(15)24/h4-7,9,11H,8,10H2,1-3H3,(H,22,23)(H2,20,21,24,25)/b19-9-. The fraction of sp³-hybridized carbons (Fsp3) is 0.333. The number of nitrogens with zero attached hydrogens (tertiary/aromatic N) is 1. The zero-order chi connectivity index (χ0) is 19.1. The Morgan fingerprint density at radius 3 is 2.77 bits per heavy atom. The summed E-state index contributed by atoms with van der Waals surface area (Å²) in [4.78, 5) is 39.4. The third-order valence-corrected chi connectivity index (χ3v) is 3.44. The minimum Gasteiger partial charge on any atom is -0.493 e. The first-order chi connectivity index (χ1) is 12.3. The molecule has 0 saturated carbocycles. The smallest absolute Gasteiger partial charge is 0.325 e. The minimum absolute atomic E-state index is 0.188. The van der Waals surface area contributed by atoms with Crippen LogP contribution in [0, 0.1) is 12.8 Å². The number of H-pyrrole nitrogens is 2. The molecule has 0 radical (unpaired) electrons. The van der Waals surface area contributed by atoms with E-state index in [1.54, 1.807) is 6.92 Å². The number of nitrogens with one attached hydrogen (secondary N) is 3. The van der Waals surface area contributed by atoms with Gasteiger partial charge in [0.15, 0.2) is 0 Å². The SMILES string of the molecule is Cc1[nH]c(=O)[nH]c(=O)c1CC(=O)N/N=C\c1cccc(OCC(C)C)c1. The molecular formula is C18H22N4O4. The lowest BCUT2D eigenvalue weighted by Crippen LogP contribution is -2.30. The minimum atomic E-state index is -0.603. The first-order valence-corrected chi connectivity index (χ1v) is 8.22. The molecule has 0 fully saturated rings. The second kappa shape index (κ2) is 8.80. The zero-order valence-electron chi connectivity index (χ0n) is 15.0. The fourth-order valence-electron chi connectivity index (χ4n) is 2.17. The molecule has 1 heterocycles. The van der Waals surface area contributed by atoms with Gasteiger partial charge in [-0.3, -0.25) is 14.6 Å². The summed E-state index contributed by atoms with van der Waals surface area (Å²) >= 11 is 0. The van der Waals surface area contributed by atoms with Crippen LogP contribution in [0.4, 0.5) is 0 Å². The van der Waals surface area contributed by atoms with Gasteiger partial charge < -0.3 is 9.72 Å². The van der Waals surface area contributed by atoms with Crippen LogP contribution in [0.1, 0.15) is 30.7 Å². The number of hydrogen-bond acceptors (Lipinski definition) is 5. The summed E-state index contributed by atoms with van der Waals surface area (Å²) in [7, 11) is 0. The maximum atomic E-state index is 11.9. The topological polar surface area (TPSA) is 116 Å². The van der Waals surface area contributed by atoms with Crippen molar-refractivity contribution < 1.29 is 9.53 Å². The number of rotatable bonds is 7. The third kappa shape index (κ3) is 5.73. The maximum absolute atomic E-state index is 11.9. The molecule has 0 aliphatic rings. The molecule has 2 rings (SSSR count). The molecule has 26 heavy (non-hydrogen) atoms. The lowest BCUT2D eigenvalue weighted by molar-refractivity contribution is -0.120. The van der Waals surface area contributed by atoms with Crippen molar-refractivity contribution in [2.24, 2.45) is 11.0 Å². The van der Waals surface area contributed by atoms with Gasteiger partial charge in [0, 0.05) is 11.3 Å². The number of hydrazone groups is 1. The molecule has 0 aliphatic heterocycles. The van der Waals surface area contributed by atoms with Crippen molar-refractivity contribution in [3.8, 4) is 5.75 Å². The van der Waals surface area contributed by atoms with Crippen molar-refractivity contribution in [3.63, 3.8) is 0 Å². The van der Waals surface area contributed by atoms with Gasteiger partial charge in [0.2, 0.25) is 5.91 Å². The van der Waals surface area contributed by atoms with Crippen molar-refractivity contribution >= 4 is 12.1 Å². The summed E-state index contributed by atoms with van der Waals surface area (Å²) in [5.74, 6) is 0.685. The van der Waals surface area contributed by atoms with Crippen LogP contribution in [0.2, 0.25) is 0 Å². The van der Waals surface area contributed by atoms with Gasteiger partial charge in [-0.15, -0.1) is 0 Å². The Morgan fingerprint density at radius 1 is 1.31 bits per heavy atom. The highest BCUT2D eigenvalue weighted by Gasteiger charge is 2.10. The van der Waals surface area contributed by atoms with E-state index in [2.05, 4.69) is 34.3 Å². The second-order valence-electron chi connectivity index (χ2n) is 6.26. The lowest BCUT2D eigenvalue weighted by atomic mass is 10.1. The first-order valence-electron chi connectivity index (χ1n) is 8.22. The normalized spacial score (nSPS) is 11.1. The van der Waals surface area contributed by atoms with Gasteiger partial charge in [0.1, 0.15) is 5.75 Å². The Hall–Kier alpha value is -3.16. The lowest BCUT2D eigenvalue weighted by Gasteiger charge is -2.08. The Balaban J connectivity index is 1.96. The number of carbonyl (C=O) groups excluding carboxylic acids is 1. The Morgan fingerprint density at radius 2 is 2.08 bits per heavy atom. The van der Waals surface area contributed by atoms with Crippen molar-refractivity contribution in [3.05, 3.63) is 61.9 Å². The predicted molar refractivity (Wildman–Crippen MR) is 98.6 cm³/mol. The van der Waals surface area contributed by atoms with Gasteiger partial charge in [0.05, 0.1) is 19.2 Å². The van der Waals surface area contributed by atoms with Gasteiger partial charge >= 0.3 is 5.69 Å². The highest BCUT2D eigenvalue weighted by atomic mass is 16.5. The molecule has 8 nitrogen and oxygen atoms in total. The summed E-state index contributed by atoms with van der Waals surface area (Å²) in [5, 5.41) is 3.89. The van der Waals surface area contributed by atoms with E-state index in [1.165, 1.54) is 6.21 Å². The van der Waals surface area contributed by atoms with Crippen LogP contribution in [-0.2, 0) is 11.2 Å². The number of aryl methyl sites for hydroxylation is 1. The summed E-state index contributed by atoms with van der Waals surface area (Å²) in [5.41, 5.74) is 2.50. The van der Waals surface area contributed by atoms with Gasteiger partial charge in [-0.2, -0.15) is 5.10 Å². The number of ether oxygens (including phenoxy) is 1. The van der Waals surface area contributed by atoms with Crippen molar-refractivity contribution in [1.29, 1.82) is 0 Å². The Labute approximate surface area is 150 Å². The van der Waals surface area contributed by atoms with Gasteiger partial charge in [-0.1, -0.05) is 26.0 Å². The average molecular weight is 358 g/mol. The van der Waals surface area contributed by atoms with Crippen LogP contribution in [0.25, 0.3) is 0 Å². The number of benzene rings is 1. The number of hydrogen-bond donors (Lipinski definition) is 3. The van der Waals surface area contributed by atoms with Crippen LogP contribution in [0.15, 0.2) is 39.0 Å². The van der Waals surface area contributed by atoms with Gasteiger partial charge in [-0.05, 0) is 30.5 Å². The van der Waals surface area contributed by atoms with Crippen molar-refractivity contribution in [2.75, 3.05) is 6.61 Å². The molecule has 0 atom stereocenters. The molecule has 0 unspecified atom stereocenters. The molecule has 1 amide bonds. The summed E-state index contributed by atoms with van der Waals surface area (Å²) < 4.78 is 5.63. The molecular weight excluding hydrogens is 336 g/mol. The molecule has 1 aromatic carbocycles. The summed E-state index contributed by atoms with van der Waals surface area (Å²) in [6.45, 7) is 6.31. The van der Waals surface area contributed by atoms with E-state index in [0.29, 0.717) is 18.2 Å². The quantitative estimate of drug-likeness (QED) is 0.507. The van der Waals surface area contributed by atoms with Crippen LogP contribution < -0.4 is 21.4 Å². The van der Waals surface area contributed by atoms with Crippen LogP contribution in [-0.4, -0.2) is 28.7 Å². The summed E-state index contributed by atoms with van der Waals surface area (Å²) in [6.07, 6.45) is 1.30. The van der Waals surface area contributed by atoms with Gasteiger partial charge in [-0.25, -0.2) is 10.2 Å². The molecule has 0 saturated heterocycles. The van der Waals surface area contributed by atoms with Crippen LogP contribution in [0.3, 0.4) is 0 Å². The average Bonchev–Trinajstić information content (AvgIpc) is 2.56. The molecule has 0 bridgehead atoms. The fourth-order valence-corrected chi connectivity index (χ4v) is 2.17. The van der Waals surface area contributed by atoms with E-state index in [4.69, 9.17) is 4.74 Å². The molecule has 3 N–H and O–H groups in total. The number of aromatic amines is 2. The second-order valence-corrected chi connectivity index (χ2v) is 6.26. The Bertz CT molecular complexity index is 912. The summed E-state index contributed by atoms with van der Waals surface area (Å²) in [6, 6.07) is 7.33. The molecule has 0 aliphatic carbocycles. The van der Waals surface area contributed by atoms with E-state index in [-0.39, 0.29) is 12.0 Å². The molecule has 138 valence electrons. The predicted octanol–water partition coefficient (Wildman–Crippen LogP) is 1.10. The maximum Gasteiger partial charge on any atom is 0.325 e. The molecule has 1 aromatic heterocycles. The van der Waals surface area contributed by atoms with Crippen molar-refractivity contribution in [2.45, 2.75) is 27.2 Å². The van der Waals surface area contributed by atoms with E-state index < -0.39 is 17.2 Å². The highest BCUT2D eigenvalue weighted by molar-refractivity contribution is 5.83. The number of carbonyl (C=O) groups is 1. The van der Waals surface area contributed by atoms with E-state index in [0.717, 1.165) is 11.3 Å².